The zero-order chi connectivity index (χ0) is 22.1. The summed E-state index contributed by atoms with van der Waals surface area (Å²) in [5, 5.41) is 8.96. The van der Waals surface area contributed by atoms with E-state index in [1.54, 1.807) is 12.1 Å². The van der Waals surface area contributed by atoms with Gasteiger partial charge in [0.25, 0.3) is 5.91 Å². The molecular weight excluding hydrogens is 409 g/mol. The number of benzene rings is 1. The van der Waals surface area contributed by atoms with E-state index >= 15 is 0 Å². The fourth-order valence-corrected chi connectivity index (χ4v) is 3.71. The Morgan fingerprint density at radius 1 is 1.33 bits per heavy atom. The van der Waals surface area contributed by atoms with Gasteiger partial charge in [-0.1, -0.05) is 32.4 Å². The number of likely N-dealkylation sites (N-methyl/N-ethyl adjacent to an activating group) is 1. The number of halogens is 2. The van der Waals surface area contributed by atoms with Gasteiger partial charge >= 0.3 is 0 Å². The number of aromatic nitrogens is 2. The fourth-order valence-electron chi connectivity index (χ4n) is 3.55. The molecular formula is C21H27ClFN5O2. The van der Waals surface area contributed by atoms with Crippen LogP contribution in [-0.4, -0.2) is 41.0 Å². The molecule has 7 nitrogen and oxygen atoms in total. The smallest absolute Gasteiger partial charge is 0.272 e. The van der Waals surface area contributed by atoms with Gasteiger partial charge in [0.1, 0.15) is 17.7 Å². The molecule has 2 aromatic rings. The summed E-state index contributed by atoms with van der Waals surface area (Å²) in [5.74, 6) is -0.882. The number of nitrogens with one attached hydrogen (secondary N) is 3. The lowest BCUT2D eigenvalue weighted by Crippen LogP contribution is -2.53. The van der Waals surface area contributed by atoms with Crippen LogP contribution in [0.5, 0.6) is 0 Å². The van der Waals surface area contributed by atoms with E-state index in [1.807, 2.05) is 25.3 Å². The molecule has 1 aromatic carbocycles. The lowest BCUT2D eigenvalue weighted by molar-refractivity contribution is -0.124. The molecule has 1 aliphatic rings. The van der Waals surface area contributed by atoms with Crippen molar-refractivity contribution in [2.24, 2.45) is 5.41 Å². The number of hydrogen-bond acceptors (Lipinski definition) is 4. The van der Waals surface area contributed by atoms with Crippen molar-refractivity contribution >= 4 is 23.4 Å². The third kappa shape index (κ3) is 4.49. The Hall–Kier alpha value is -2.45. The molecule has 1 atom stereocenters. The summed E-state index contributed by atoms with van der Waals surface area (Å²) in [6.07, 6.45) is 0.815. The van der Waals surface area contributed by atoms with E-state index in [9.17, 15) is 14.0 Å². The molecule has 0 saturated heterocycles. The summed E-state index contributed by atoms with van der Waals surface area (Å²) >= 11 is 5.89. The Labute approximate surface area is 180 Å². The van der Waals surface area contributed by atoms with Crippen LogP contribution in [0.25, 0.3) is 11.4 Å². The Kier molecular flexibility index (Phi) is 6.47. The third-order valence-electron chi connectivity index (χ3n) is 5.14. The zero-order valence-corrected chi connectivity index (χ0v) is 18.4. The highest BCUT2D eigenvalue weighted by Gasteiger charge is 2.34. The lowest BCUT2D eigenvalue weighted by atomic mass is 9.86. The molecule has 0 radical (unpaired) electrons. The van der Waals surface area contributed by atoms with Gasteiger partial charge in [0.15, 0.2) is 5.69 Å². The average molecular weight is 436 g/mol. The topological polar surface area (TPSA) is 88.1 Å². The number of nitrogens with zero attached hydrogens (tertiary/aromatic N) is 2. The van der Waals surface area contributed by atoms with Gasteiger partial charge in [-0.05, 0) is 36.6 Å². The molecule has 1 unspecified atom stereocenters. The molecule has 0 saturated carbocycles. The normalized spacial score (nSPS) is 15.1. The van der Waals surface area contributed by atoms with E-state index < -0.39 is 23.2 Å². The number of rotatable bonds is 4. The molecule has 3 N–H and O–H groups in total. The summed E-state index contributed by atoms with van der Waals surface area (Å²) in [5.41, 5.74) is 0.626. The molecule has 1 aliphatic heterocycles. The van der Waals surface area contributed by atoms with E-state index in [0.29, 0.717) is 24.6 Å². The Morgan fingerprint density at radius 3 is 2.70 bits per heavy atom. The van der Waals surface area contributed by atoms with Crippen molar-refractivity contribution in [1.29, 1.82) is 0 Å². The van der Waals surface area contributed by atoms with Crippen LogP contribution in [-0.2, 0) is 17.9 Å². The van der Waals surface area contributed by atoms with E-state index in [0.717, 1.165) is 13.0 Å². The van der Waals surface area contributed by atoms with E-state index in [4.69, 9.17) is 11.6 Å². The van der Waals surface area contributed by atoms with Crippen LogP contribution in [0.2, 0.25) is 5.02 Å². The first-order chi connectivity index (χ1) is 14.1. The van der Waals surface area contributed by atoms with Crippen molar-refractivity contribution in [2.75, 3.05) is 13.6 Å². The second kappa shape index (κ2) is 8.73. The van der Waals surface area contributed by atoms with E-state index in [2.05, 4.69) is 20.9 Å². The van der Waals surface area contributed by atoms with Gasteiger partial charge in [0.05, 0.1) is 11.3 Å². The summed E-state index contributed by atoms with van der Waals surface area (Å²) < 4.78 is 16.5. The predicted octanol–water partition coefficient (Wildman–Crippen LogP) is 2.73. The highest BCUT2D eigenvalue weighted by Crippen LogP contribution is 2.29. The molecule has 0 fully saturated rings. The highest BCUT2D eigenvalue weighted by molar-refractivity contribution is 6.30. The zero-order valence-electron chi connectivity index (χ0n) is 17.6. The number of amides is 2. The summed E-state index contributed by atoms with van der Waals surface area (Å²) in [7, 11) is 1.53. The third-order valence-corrected chi connectivity index (χ3v) is 5.37. The monoisotopic (exact) mass is 435 g/mol. The quantitative estimate of drug-likeness (QED) is 0.689. The van der Waals surface area contributed by atoms with Crippen LogP contribution in [0.3, 0.4) is 0 Å². The standard InChI is InChI=1S/C21H27ClFN5O2/c1-21(2,3)17(20(30)24-4)27-19(29)16-15-11-25-8-5-9-28(15)18(26-16)13-7-6-12(22)10-14(13)23/h6-7,10,17,25H,5,8-9,11H2,1-4H3,(H,24,30)(H,27,29). The molecule has 2 amide bonds. The van der Waals surface area contributed by atoms with Crippen molar-refractivity contribution < 1.29 is 14.0 Å². The van der Waals surface area contributed by atoms with Gasteiger partial charge in [0, 0.05) is 25.2 Å². The van der Waals surface area contributed by atoms with Crippen molar-refractivity contribution in [2.45, 2.75) is 46.3 Å². The van der Waals surface area contributed by atoms with Crippen LogP contribution in [0.15, 0.2) is 18.2 Å². The van der Waals surface area contributed by atoms with Crippen molar-refractivity contribution in [3.05, 3.63) is 40.4 Å². The summed E-state index contributed by atoms with van der Waals surface area (Å²) in [6.45, 7) is 7.40. The molecule has 0 spiro atoms. The van der Waals surface area contributed by atoms with Crippen molar-refractivity contribution in [3.8, 4) is 11.4 Å². The lowest BCUT2D eigenvalue weighted by Gasteiger charge is -2.29. The average Bonchev–Trinajstić information content (AvgIpc) is 2.85. The summed E-state index contributed by atoms with van der Waals surface area (Å²) in [6, 6.07) is 3.64. The molecule has 2 heterocycles. The largest absolute Gasteiger partial charge is 0.357 e. The second-order valence-electron chi connectivity index (χ2n) is 8.42. The first-order valence-electron chi connectivity index (χ1n) is 9.91. The van der Waals surface area contributed by atoms with Gasteiger partial charge in [-0.15, -0.1) is 0 Å². The Morgan fingerprint density at radius 2 is 2.07 bits per heavy atom. The molecule has 0 aliphatic carbocycles. The molecule has 9 heteroatoms. The number of carbonyl (C=O) groups is 2. The van der Waals surface area contributed by atoms with Crippen LogP contribution >= 0.6 is 11.6 Å². The van der Waals surface area contributed by atoms with E-state index in [1.165, 1.54) is 13.1 Å². The molecule has 3 rings (SSSR count). The maximum absolute atomic E-state index is 14.6. The highest BCUT2D eigenvalue weighted by atomic mass is 35.5. The van der Waals surface area contributed by atoms with Crippen LogP contribution < -0.4 is 16.0 Å². The van der Waals surface area contributed by atoms with Gasteiger partial charge in [0.2, 0.25) is 5.91 Å². The SMILES string of the molecule is CNC(=O)C(NC(=O)c1nc(-c2ccc(Cl)cc2F)n2c1CNCCC2)C(C)(C)C. The first kappa shape index (κ1) is 22.2. The molecule has 162 valence electrons. The van der Waals surface area contributed by atoms with Crippen LogP contribution in [0.1, 0.15) is 43.4 Å². The van der Waals surface area contributed by atoms with Crippen LogP contribution in [0.4, 0.5) is 4.39 Å². The summed E-state index contributed by atoms with van der Waals surface area (Å²) in [4.78, 5) is 30.0. The number of imidazole rings is 1. The van der Waals surface area contributed by atoms with Gasteiger partial charge < -0.3 is 20.5 Å². The van der Waals surface area contributed by atoms with Gasteiger partial charge in [-0.2, -0.15) is 0 Å². The second-order valence-corrected chi connectivity index (χ2v) is 8.86. The van der Waals surface area contributed by atoms with Crippen LogP contribution in [0, 0.1) is 11.2 Å². The minimum absolute atomic E-state index is 0.187. The fraction of sp³-hybridized carbons (Fsp3) is 0.476. The Balaban J connectivity index is 2.05. The Bertz CT molecular complexity index is 967. The number of fused-ring (bicyclic) bond motifs is 1. The number of carbonyl (C=O) groups excluding carboxylic acids is 2. The minimum Gasteiger partial charge on any atom is -0.357 e. The van der Waals surface area contributed by atoms with Gasteiger partial charge in [-0.25, -0.2) is 9.37 Å². The number of hydrogen-bond donors (Lipinski definition) is 3. The van der Waals surface area contributed by atoms with Gasteiger partial charge in [-0.3, -0.25) is 9.59 Å². The van der Waals surface area contributed by atoms with E-state index in [-0.39, 0.29) is 22.2 Å². The van der Waals surface area contributed by atoms with Crippen molar-refractivity contribution in [1.82, 2.24) is 25.5 Å². The first-order valence-corrected chi connectivity index (χ1v) is 10.3. The maximum atomic E-state index is 14.6. The molecule has 0 bridgehead atoms. The predicted molar refractivity (Wildman–Crippen MR) is 114 cm³/mol. The molecule has 1 aromatic heterocycles. The maximum Gasteiger partial charge on any atom is 0.272 e. The minimum atomic E-state index is -0.748. The van der Waals surface area contributed by atoms with Crippen molar-refractivity contribution in [3.63, 3.8) is 0 Å². The molecule has 30 heavy (non-hydrogen) atoms.